The summed E-state index contributed by atoms with van der Waals surface area (Å²) in [6.45, 7) is 2.02. The fraction of sp³-hybridized carbons (Fsp3) is 0.133. The summed E-state index contributed by atoms with van der Waals surface area (Å²) in [5.41, 5.74) is 1.90. The van der Waals surface area contributed by atoms with Crippen molar-refractivity contribution in [3.63, 3.8) is 0 Å². The van der Waals surface area contributed by atoms with Gasteiger partial charge in [0, 0.05) is 17.8 Å². The molecule has 0 fully saturated rings. The van der Waals surface area contributed by atoms with E-state index in [1.54, 1.807) is 25.1 Å². The van der Waals surface area contributed by atoms with Crippen molar-refractivity contribution >= 4 is 17.1 Å². The van der Waals surface area contributed by atoms with Crippen LogP contribution in [-0.2, 0) is 4.74 Å². The molecule has 0 spiro atoms. The minimum absolute atomic E-state index is 0.104. The Labute approximate surface area is 120 Å². The van der Waals surface area contributed by atoms with E-state index in [1.165, 1.54) is 18.3 Å². The second-order valence-electron chi connectivity index (χ2n) is 4.32. The van der Waals surface area contributed by atoms with Crippen molar-refractivity contribution in [3.8, 4) is 17.2 Å². The maximum atomic E-state index is 11.7. The van der Waals surface area contributed by atoms with E-state index in [9.17, 15) is 9.90 Å². The van der Waals surface area contributed by atoms with Gasteiger partial charge in [-0.1, -0.05) is 0 Å². The minimum atomic E-state index is -0.492. The Morgan fingerprint density at radius 3 is 3.00 bits per heavy atom. The molecule has 6 heteroatoms. The van der Waals surface area contributed by atoms with E-state index in [0.29, 0.717) is 22.6 Å². The first-order valence-electron chi connectivity index (χ1n) is 6.40. The lowest BCUT2D eigenvalue weighted by Gasteiger charge is -2.01. The molecule has 6 nitrogen and oxygen atoms in total. The molecule has 2 heterocycles. The zero-order chi connectivity index (χ0) is 14.8. The van der Waals surface area contributed by atoms with Gasteiger partial charge in [-0.05, 0) is 31.2 Å². The Bertz CT molecular complexity index is 810. The summed E-state index contributed by atoms with van der Waals surface area (Å²) in [6, 6.07) is 7.92. The molecule has 0 aliphatic heterocycles. The summed E-state index contributed by atoms with van der Waals surface area (Å²) >= 11 is 0. The lowest BCUT2D eigenvalue weighted by Crippen LogP contribution is -2.06. The molecule has 0 unspecified atom stereocenters. The number of benzene rings is 1. The Kier molecular flexibility index (Phi) is 3.27. The summed E-state index contributed by atoms with van der Waals surface area (Å²) < 4.78 is 10.5. The van der Waals surface area contributed by atoms with Crippen LogP contribution in [0.1, 0.15) is 17.4 Å². The number of rotatable bonds is 3. The van der Waals surface area contributed by atoms with Crippen molar-refractivity contribution in [1.29, 1.82) is 0 Å². The molecule has 3 rings (SSSR count). The Balaban J connectivity index is 2.02. The van der Waals surface area contributed by atoms with Gasteiger partial charge in [-0.2, -0.15) is 0 Å². The molecule has 0 aliphatic rings. The second-order valence-corrected chi connectivity index (χ2v) is 4.32. The predicted octanol–water partition coefficient (Wildman–Crippen LogP) is 2.77. The van der Waals surface area contributed by atoms with E-state index >= 15 is 0 Å². The zero-order valence-corrected chi connectivity index (χ0v) is 11.2. The van der Waals surface area contributed by atoms with Gasteiger partial charge in [0.2, 0.25) is 5.89 Å². The first-order chi connectivity index (χ1) is 10.2. The standard InChI is InChI=1S/C15H12N2O4/c1-2-20-15(19)12-7-9(5-6-16-12)14-17-11-4-3-10(18)8-13(11)21-14/h3-8,18H,2H2,1H3. The molecule has 0 amide bonds. The summed E-state index contributed by atoms with van der Waals surface area (Å²) in [4.78, 5) is 20.0. The molecule has 106 valence electrons. The number of phenolic OH excluding ortho intramolecular Hbond substituents is 1. The van der Waals surface area contributed by atoms with E-state index in [-0.39, 0.29) is 18.1 Å². The molecule has 21 heavy (non-hydrogen) atoms. The largest absolute Gasteiger partial charge is 0.508 e. The van der Waals surface area contributed by atoms with Gasteiger partial charge in [0.25, 0.3) is 0 Å². The zero-order valence-electron chi connectivity index (χ0n) is 11.2. The molecule has 1 N–H and O–H groups in total. The number of hydrogen-bond acceptors (Lipinski definition) is 6. The van der Waals surface area contributed by atoms with Crippen molar-refractivity contribution in [2.75, 3.05) is 6.61 Å². The molecular formula is C15H12N2O4. The number of nitrogens with zero attached hydrogens (tertiary/aromatic N) is 2. The molecule has 0 bridgehead atoms. The molecular weight excluding hydrogens is 272 g/mol. The lowest BCUT2D eigenvalue weighted by atomic mass is 10.2. The topological polar surface area (TPSA) is 85.5 Å². The second kappa shape index (κ2) is 5.24. The summed E-state index contributed by atoms with van der Waals surface area (Å²) in [5, 5.41) is 9.43. The van der Waals surface area contributed by atoms with Gasteiger partial charge in [0.05, 0.1) is 6.61 Å². The number of carbonyl (C=O) groups is 1. The number of pyridine rings is 1. The van der Waals surface area contributed by atoms with Gasteiger partial charge in [-0.25, -0.2) is 14.8 Å². The molecule has 1 aromatic carbocycles. The summed E-state index contributed by atoms with van der Waals surface area (Å²) in [7, 11) is 0. The van der Waals surface area contributed by atoms with Gasteiger partial charge in [-0.3, -0.25) is 0 Å². The van der Waals surface area contributed by atoms with Crippen LogP contribution in [0.3, 0.4) is 0 Å². The van der Waals surface area contributed by atoms with E-state index < -0.39 is 5.97 Å². The fourth-order valence-electron chi connectivity index (χ4n) is 1.92. The third kappa shape index (κ3) is 2.55. The van der Waals surface area contributed by atoms with Crippen LogP contribution >= 0.6 is 0 Å². The third-order valence-corrected chi connectivity index (χ3v) is 2.86. The molecule has 2 aromatic heterocycles. The van der Waals surface area contributed by atoms with Crippen LogP contribution in [0.15, 0.2) is 40.9 Å². The maximum Gasteiger partial charge on any atom is 0.356 e. The van der Waals surface area contributed by atoms with Gasteiger partial charge in [0.15, 0.2) is 5.58 Å². The third-order valence-electron chi connectivity index (χ3n) is 2.86. The average Bonchev–Trinajstić information content (AvgIpc) is 2.90. The van der Waals surface area contributed by atoms with Crippen molar-refractivity contribution in [1.82, 2.24) is 9.97 Å². The average molecular weight is 284 g/mol. The van der Waals surface area contributed by atoms with Crippen molar-refractivity contribution in [2.24, 2.45) is 0 Å². The van der Waals surface area contributed by atoms with Gasteiger partial charge < -0.3 is 14.3 Å². The molecule has 0 atom stereocenters. The Hall–Kier alpha value is -2.89. The highest BCUT2D eigenvalue weighted by molar-refractivity contribution is 5.88. The number of oxazole rings is 1. The molecule has 0 radical (unpaired) electrons. The Morgan fingerprint density at radius 2 is 2.19 bits per heavy atom. The highest BCUT2D eigenvalue weighted by atomic mass is 16.5. The minimum Gasteiger partial charge on any atom is -0.508 e. The number of ether oxygens (including phenoxy) is 1. The van der Waals surface area contributed by atoms with Crippen molar-refractivity contribution in [2.45, 2.75) is 6.92 Å². The number of fused-ring (bicyclic) bond motifs is 1. The number of aromatic nitrogens is 2. The number of hydrogen-bond donors (Lipinski definition) is 1. The van der Waals surface area contributed by atoms with Crippen molar-refractivity contribution in [3.05, 3.63) is 42.2 Å². The SMILES string of the molecule is CCOC(=O)c1cc(-c2nc3ccc(O)cc3o2)ccn1. The Morgan fingerprint density at radius 1 is 1.33 bits per heavy atom. The van der Waals surface area contributed by atoms with Crippen LogP contribution in [0.4, 0.5) is 0 Å². The van der Waals surface area contributed by atoms with Crippen LogP contribution in [0.2, 0.25) is 0 Å². The predicted molar refractivity (Wildman–Crippen MR) is 74.9 cm³/mol. The van der Waals surface area contributed by atoms with Crippen molar-refractivity contribution < 1.29 is 19.1 Å². The van der Waals surface area contributed by atoms with Crippen LogP contribution in [0.5, 0.6) is 5.75 Å². The summed E-state index contributed by atoms with van der Waals surface area (Å²) in [5.74, 6) is -0.0382. The first kappa shape index (κ1) is 13.1. The van der Waals surface area contributed by atoms with E-state index in [1.807, 2.05) is 0 Å². The van der Waals surface area contributed by atoms with Crippen LogP contribution in [0.25, 0.3) is 22.6 Å². The number of aromatic hydroxyl groups is 1. The smallest absolute Gasteiger partial charge is 0.356 e. The fourth-order valence-corrected chi connectivity index (χ4v) is 1.92. The summed E-state index contributed by atoms with van der Waals surface area (Å²) in [6.07, 6.45) is 1.49. The normalized spacial score (nSPS) is 10.7. The number of phenols is 1. The van der Waals surface area contributed by atoms with Gasteiger partial charge in [-0.15, -0.1) is 0 Å². The molecule has 0 aliphatic carbocycles. The number of carbonyl (C=O) groups excluding carboxylic acids is 1. The van der Waals surface area contributed by atoms with E-state index in [2.05, 4.69) is 9.97 Å². The highest BCUT2D eigenvalue weighted by Crippen LogP contribution is 2.26. The highest BCUT2D eigenvalue weighted by Gasteiger charge is 2.13. The molecule has 3 aromatic rings. The van der Waals surface area contributed by atoms with Gasteiger partial charge >= 0.3 is 5.97 Å². The van der Waals surface area contributed by atoms with E-state index in [0.717, 1.165) is 0 Å². The monoisotopic (exact) mass is 284 g/mol. The van der Waals surface area contributed by atoms with Crippen LogP contribution in [-0.4, -0.2) is 27.7 Å². The maximum absolute atomic E-state index is 11.7. The first-order valence-corrected chi connectivity index (χ1v) is 6.40. The van der Waals surface area contributed by atoms with E-state index in [4.69, 9.17) is 9.15 Å². The number of esters is 1. The van der Waals surface area contributed by atoms with Crippen LogP contribution in [0, 0.1) is 0 Å². The quantitative estimate of drug-likeness (QED) is 0.744. The lowest BCUT2D eigenvalue weighted by molar-refractivity contribution is 0.0519. The molecule has 0 saturated carbocycles. The van der Waals surface area contributed by atoms with Crippen LogP contribution < -0.4 is 0 Å². The van der Waals surface area contributed by atoms with Gasteiger partial charge in [0.1, 0.15) is 17.0 Å². The molecule has 0 saturated heterocycles.